The molecule has 0 bridgehead atoms. The molecule has 0 aliphatic rings. The van der Waals surface area contributed by atoms with Crippen molar-refractivity contribution in [2.45, 2.75) is 19.3 Å². The van der Waals surface area contributed by atoms with Gasteiger partial charge in [0.1, 0.15) is 0 Å². The molecule has 2 heteroatoms. The summed E-state index contributed by atoms with van der Waals surface area (Å²) in [7, 11) is 0. The van der Waals surface area contributed by atoms with E-state index in [1.807, 2.05) is 42.5 Å². The molecule has 0 radical (unpaired) electrons. The molecule has 3 rings (SSSR count). The molecular weight excluding hydrogens is 294 g/mol. The molecule has 0 aromatic heterocycles. The second-order valence-corrected chi connectivity index (χ2v) is 6.12. The first kappa shape index (κ1) is 16.0. The highest BCUT2D eigenvalue weighted by Crippen LogP contribution is 2.32. The molecule has 0 aliphatic heterocycles. The van der Waals surface area contributed by atoms with Gasteiger partial charge in [-0.05, 0) is 46.7 Å². The van der Waals surface area contributed by atoms with Crippen LogP contribution < -0.4 is 5.73 Å². The zero-order valence-electron chi connectivity index (χ0n) is 13.8. The molecule has 1 atom stereocenters. The van der Waals surface area contributed by atoms with Crippen LogP contribution in [0.1, 0.15) is 34.3 Å². The van der Waals surface area contributed by atoms with Gasteiger partial charge < -0.3 is 5.73 Å². The average Bonchev–Trinajstić information content (AvgIpc) is 2.62. The third-order valence-electron chi connectivity index (χ3n) is 4.34. The monoisotopic (exact) mass is 315 g/mol. The van der Waals surface area contributed by atoms with E-state index in [9.17, 15) is 4.79 Å². The van der Waals surface area contributed by atoms with Crippen LogP contribution in [0.3, 0.4) is 0 Å². The lowest BCUT2D eigenvalue weighted by Gasteiger charge is -2.18. The van der Waals surface area contributed by atoms with Crippen molar-refractivity contribution >= 4 is 5.91 Å². The fourth-order valence-electron chi connectivity index (χ4n) is 3.08. The minimum atomic E-state index is -0.386. The largest absolute Gasteiger partial charge is 0.366 e. The maximum atomic E-state index is 11.6. The molecule has 2 nitrogen and oxygen atoms in total. The van der Waals surface area contributed by atoms with E-state index in [-0.39, 0.29) is 11.8 Å². The molecule has 2 N–H and O–H groups in total. The summed E-state index contributed by atoms with van der Waals surface area (Å²) < 4.78 is 0. The van der Waals surface area contributed by atoms with Crippen molar-refractivity contribution in [3.8, 4) is 11.1 Å². The van der Waals surface area contributed by atoms with Crippen molar-refractivity contribution in [2.75, 3.05) is 0 Å². The van der Waals surface area contributed by atoms with Crippen molar-refractivity contribution in [3.05, 3.63) is 95.6 Å². The van der Waals surface area contributed by atoms with Crippen LogP contribution in [0.4, 0.5) is 0 Å². The molecule has 3 aromatic carbocycles. The zero-order chi connectivity index (χ0) is 16.9. The van der Waals surface area contributed by atoms with Crippen molar-refractivity contribution in [1.29, 1.82) is 0 Å². The van der Waals surface area contributed by atoms with E-state index < -0.39 is 0 Å². The van der Waals surface area contributed by atoms with Gasteiger partial charge in [0.05, 0.1) is 0 Å². The summed E-state index contributed by atoms with van der Waals surface area (Å²) in [4.78, 5) is 11.6. The predicted molar refractivity (Wildman–Crippen MR) is 99.0 cm³/mol. The standard InChI is InChI=1S/C22H21NO/c1-16(14-17-8-4-2-5-9-17)21-15-19(22(23)24)12-13-20(21)18-10-6-3-7-11-18/h2-13,15-16H,14H2,1H3,(H2,23,24). The Morgan fingerprint density at radius 3 is 2.17 bits per heavy atom. The highest BCUT2D eigenvalue weighted by atomic mass is 16.1. The normalized spacial score (nSPS) is 11.9. The second kappa shape index (κ2) is 7.14. The molecule has 0 saturated heterocycles. The van der Waals surface area contributed by atoms with Crippen LogP contribution in [0.15, 0.2) is 78.9 Å². The Bertz CT molecular complexity index is 825. The lowest BCUT2D eigenvalue weighted by molar-refractivity contribution is 0.1000. The van der Waals surface area contributed by atoms with Crippen LogP contribution in [-0.2, 0) is 6.42 Å². The van der Waals surface area contributed by atoms with E-state index in [2.05, 4.69) is 43.3 Å². The lowest BCUT2D eigenvalue weighted by atomic mass is 9.86. The quantitative estimate of drug-likeness (QED) is 0.722. The van der Waals surface area contributed by atoms with E-state index in [0.29, 0.717) is 5.56 Å². The van der Waals surface area contributed by atoms with Gasteiger partial charge in [0.15, 0.2) is 0 Å². The van der Waals surface area contributed by atoms with Crippen molar-refractivity contribution < 1.29 is 4.79 Å². The number of carbonyl (C=O) groups is 1. The van der Waals surface area contributed by atoms with E-state index in [1.54, 1.807) is 0 Å². The molecule has 0 saturated carbocycles. The first-order valence-corrected chi connectivity index (χ1v) is 8.18. The van der Waals surface area contributed by atoms with E-state index in [1.165, 1.54) is 5.56 Å². The summed E-state index contributed by atoms with van der Waals surface area (Å²) in [5.41, 5.74) is 10.8. The summed E-state index contributed by atoms with van der Waals surface area (Å²) in [6, 6.07) is 26.4. The van der Waals surface area contributed by atoms with Gasteiger partial charge in [0.25, 0.3) is 0 Å². The summed E-state index contributed by atoms with van der Waals surface area (Å²) in [6.45, 7) is 2.19. The Kier molecular flexibility index (Phi) is 4.76. The molecule has 0 aliphatic carbocycles. The van der Waals surface area contributed by atoms with Crippen LogP contribution in [-0.4, -0.2) is 5.91 Å². The average molecular weight is 315 g/mol. The number of nitrogens with two attached hydrogens (primary N) is 1. The molecular formula is C22H21NO. The fraction of sp³-hybridized carbons (Fsp3) is 0.136. The molecule has 1 amide bonds. The highest BCUT2D eigenvalue weighted by molar-refractivity contribution is 5.93. The van der Waals surface area contributed by atoms with Crippen LogP contribution in [0, 0.1) is 0 Å². The van der Waals surface area contributed by atoms with Crippen LogP contribution >= 0.6 is 0 Å². The second-order valence-electron chi connectivity index (χ2n) is 6.12. The first-order valence-electron chi connectivity index (χ1n) is 8.18. The maximum Gasteiger partial charge on any atom is 0.248 e. The third kappa shape index (κ3) is 3.54. The summed E-state index contributed by atoms with van der Waals surface area (Å²) in [5, 5.41) is 0. The Balaban J connectivity index is 2.02. The highest BCUT2D eigenvalue weighted by Gasteiger charge is 2.15. The number of hydrogen-bond acceptors (Lipinski definition) is 1. The van der Waals surface area contributed by atoms with Gasteiger partial charge in [-0.1, -0.05) is 73.7 Å². The summed E-state index contributed by atoms with van der Waals surface area (Å²) in [6.07, 6.45) is 0.920. The molecule has 0 heterocycles. The Morgan fingerprint density at radius 1 is 0.917 bits per heavy atom. The van der Waals surface area contributed by atoms with Crippen molar-refractivity contribution in [3.63, 3.8) is 0 Å². The topological polar surface area (TPSA) is 43.1 Å². The molecule has 0 spiro atoms. The number of carbonyl (C=O) groups excluding carboxylic acids is 1. The molecule has 1 unspecified atom stereocenters. The minimum absolute atomic E-state index is 0.280. The van der Waals surface area contributed by atoms with Crippen molar-refractivity contribution in [1.82, 2.24) is 0 Å². The minimum Gasteiger partial charge on any atom is -0.366 e. The van der Waals surface area contributed by atoms with E-state index in [4.69, 9.17) is 5.73 Å². The Morgan fingerprint density at radius 2 is 1.54 bits per heavy atom. The smallest absolute Gasteiger partial charge is 0.248 e. The molecule has 120 valence electrons. The number of rotatable bonds is 5. The number of amides is 1. The van der Waals surface area contributed by atoms with Crippen LogP contribution in [0.2, 0.25) is 0 Å². The van der Waals surface area contributed by atoms with Crippen LogP contribution in [0.25, 0.3) is 11.1 Å². The summed E-state index contributed by atoms with van der Waals surface area (Å²) in [5.74, 6) is -0.107. The fourth-order valence-corrected chi connectivity index (χ4v) is 3.08. The summed E-state index contributed by atoms with van der Waals surface area (Å²) >= 11 is 0. The van der Waals surface area contributed by atoms with Gasteiger partial charge in [0, 0.05) is 5.56 Å². The van der Waals surface area contributed by atoms with Gasteiger partial charge >= 0.3 is 0 Å². The van der Waals surface area contributed by atoms with Gasteiger partial charge in [-0.15, -0.1) is 0 Å². The van der Waals surface area contributed by atoms with Gasteiger partial charge in [-0.2, -0.15) is 0 Å². The number of primary amides is 1. The third-order valence-corrected chi connectivity index (χ3v) is 4.34. The molecule has 24 heavy (non-hydrogen) atoms. The zero-order valence-corrected chi connectivity index (χ0v) is 13.8. The van der Waals surface area contributed by atoms with Crippen LogP contribution in [0.5, 0.6) is 0 Å². The number of hydrogen-bond donors (Lipinski definition) is 1. The maximum absolute atomic E-state index is 11.6. The van der Waals surface area contributed by atoms with Crippen molar-refractivity contribution in [2.24, 2.45) is 5.73 Å². The predicted octanol–water partition coefficient (Wildman–Crippen LogP) is 4.80. The van der Waals surface area contributed by atoms with Gasteiger partial charge in [-0.3, -0.25) is 4.79 Å². The SMILES string of the molecule is CC(Cc1ccccc1)c1cc(C(N)=O)ccc1-c1ccccc1. The molecule has 0 fully saturated rings. The van der Waals surface area contributed by atoms with Gasteiger partial charge in [-0.25, -0.2) is 0 Å². The lowest BCUT2D eigenvalue weighted by Crippen LogP contribution is -2.12. The van der Waals surface area contributed by atoms with E-state index >= 15 is 0 Å². The Hall–Kier alpha value is -2.87. The van der Waals surface area contributed by atoms with E-state index in [0.717, 1.165) is 23.1 Å². The van der Waals surface area contributed by atoms with Gasteiger partial charge in [0.2, 0.25) is 5.91 Å². The first-order chi connectivity index (χ1) is 11.6. The molecule has 3 aromatic rings. The Labute approximate surface area is 143 Å². The number of benzene rings is 3.